The van der Waals surface area contributed by atoms with E-state index in [0.717, 1.165) is 17.2 Å². The molecule has 0 bridgehead atoms. The van der Waals surface area contributed by atoms with Gasteiger partial charge in [0.25, 0.3) is 17.0 Å². The van der Waals surface area contributed by atoms with Gasteiger partial charge in [0, 0.05) is 24.2 Å². The first-order valence-corrected chi connectivity index (χ1v) is 6.33. The van der Waals surface area contributed by atoms with Crippen molar-refractivity contribution >= 4 is 5.91 Å². The smallest absolute Gasteiger partial charge is 0.269 e. The van der Waals surface area contributed by atoms with Gasteiger partial charge in [0.2, 0.25) is 0 Å². The van der Waals surface area contributed by atoms with Crippen LogP contribution in [0.3, 0.4) is 0 Å². The average Bonchev–Trinajstić information content (AvgIpc) is 2.47. The van der Waals surface area contributed by atoms with Crippen molar-refractivity contribution < 1.29 is 4.79 Å². The van der Waals surface area contributed by atoms with Gasteiger partial charge in [-0.1, -0.05) is 13.0 Å². The summed E-state index contributed by atoms with van der Waals surface area (Å²) in [4.78, 5) is 34.9. The van der Waals surface area contributed by atoms with Crippen LogP contribution in [0.5, 0.6) is 0 Å². The monoisotopic (exact) mass is 273 g/mol. The number of H-pyrrole nitrogens is 1. The fraction of sp³-hybridized carbons (Fsp3) is 0.214. The van der Waals surface area contributed by atoms with E-state index in [-0.39, 0.29) is 17.0 Å². The number of carbonyl (C=O) groups is 1. The molecule has 104 valence electrons. The molecule has 2 aromatic rings. The fourth-order valence-corrected chi connectivity index (χ4v) is 1.74. The van der Waals surface area contributed by atoms with Crippen LogP contribution in [-0.4, -0.2) is 22.2 Å². The zero-order valence-corrected chi connectivity index (χ0v) is 11.1. The highest BCUT2D eigenvalue weighted by Gasteiger charge is 2.07. The third-order valence-corrected chi connectivity index (χ3v) is 2.72. The molecule has 0 aliphatic rings. The molecule has 1 amide bonds. The fourth-order valence-electron chi connectivity index (χ4n) is 1.74. The van der Waals surface area contributed by atoms with Gasteiger partial charge in [0.1, 0.15) is 0 Å². The van der Waals surface area contributed by atoms with Crippen molar-refractivity contribution in [1.29, 1.82) is 0 Å². The lowest BCUT2D eigenvalue weighted by Gasteiger charge is -2.07. The molecule has 0 unspecified atom stereocenters. The Labute approximate surface area is 115 Å². The lowest BCUT2D eigenvalue weighted by molar-refractivity contribution is 0.0953. The topological polar surface area (TPSA) is 84.0 Å². The van der Waals surface area contributed by atoms with Gasteiger partial charge in [-0.2, -0.15) is 0 Å². The SMILES string of the molecule is CCCNC(=O)c1cccc(-n2[nH]c(=O)ccc2=O)c1. The van der Waals surface area contributed by atoms with Crippen LogP contribution in [-0.2, 0) is 0 Å². The number of rotatable bonds is 4. The largest absolute Gasteiger partial charge is 0.352 e. The summed E-state index contributed by atoms with van der Waals surface area (Å²) in [6.07, 6.45) is 0.844. The van der Waals surface area contributed by atoms with Crippen LogP contribution in [0.15, 0.2) is 46.0 Å². The summed E-state index contributed by atoms with van der Waals surface area (Å²) in [6, 6.07) is 8.87. The Bertz CT molecular complexity index is 731. The zero-order chi connectivity index (χ0) is 14.5. The maximum atomic E-state index is 11.9. The maximum absolute atomic E-state index is 11.9. The quantitative estimate of drug-likeness (QED) is 0.858. The number of nitrogens with one attached hydrogen (secondary N) is 2. The predicted molar refractivity (Wildman–Crippen MR) is 75.3 cm³/mol. The van der Waals surface area contributed by atoms with E-state index in [0.29, 0.717) is 17.8 Å². The highest BCUT2D eigenvalue weighted by Crippen LogP contribution is 2.07. The Kier molecular flexibility index (Phi) is 4.14. The molecule has 6 heteroatoms. The van der Waals surface area contributed by atoms with E-state index in [1.54, 1.807) is 24.3 Å². The lowest BCUT2D eigenvalue weighted by Crippen LogP contribution is -2.27. The number of aromatic amines is 1. The van der Waals surface area contributed by atoms with Crippen LogP contribution in [0.1, 0.15) is 23.7 Å². The molecule has 1 aromatic carbocycles. The number of aromatic nitrogens is 2. The van der Waals surface area contributed by atoms with Crippen LogP contribution >= 0.6 is 0 Å². The zero-order valence-electron chi connectivity index (χ0n) is 11.1. The number of carbonyl (C=O) groups excluding carboxylic acids is 1. The third-order valence-electron chi connectivity index (χ3n) is 2.72. The number of nitrogens with zero attached hydrogens (tertiary/aromatic N) is 1. The van der Waals surface area contributed by atoms with Gasteiger partial charge >= 0.3 is 0 Å². The second-order valence-corrected chi connectivity index (χ2v) is 4.29. The molecule has 2 N–H and O–H groups in total. The summed E-state index contributed by atoms with van der Waals surface area (Å²) in [5.74, 6) is -0.208. The lowest BCUT2D eigenvalue weighted by atomic mass is 10.2. The van der Waals surface area contributed by atoms with Crippen LogP contribution in [0.2, 0.25) is 0 Å². The first-order valence-electron chi connectivity index (χ1n) is 6.33. The Morgan fingerprint density at radius 1 is 1.25 bits per heavy atom. The third kappa shape index (κ3) is 3.03. The van der Waals surface area contributed by atoms with Crippen LogP contribution < -0.4 is 16.4 Å². The average molecular weight is 273 g/mol. The van der Waals surface area contributed by atoms with E-state index in [1.807, 2.05) is 6.92 Å². The molecule has 0 aliphatic carbocycles. The maximum Gasteiger partial charge on any atom is 0.269 e. The molecular formula is C14H15N3O3. The van der Waals surface area contributed by atoms with Crippen molar-refractivity contribution in [2.24, 2.45) is 0 Å². The van der Waals surface area contributed by atoms with Crippen molar-refractivity contribution in [2.45, 2.75) is 13.3 Å². The molecule has 0 saturated heterocycles. The summed E-state index contributed by atoms with van der Waals surface area (Å²) in [6.45, 7) is 2.55. The van der Waals surface area contributed by atoms with Gasteiger partial charge in [-0.15, -0.1) is 0 Å². The van der Waals surface area contributed by atoms with Gasteiger partial charge in [-0.25, -0.2) is 4.68 Å². The highest BCUT2D eigenvalue weighted by molar-refractivity contribution is 5.94. The molecule has 0 fully saturated rings. The van der Waals surface area contributed by atoms with Crippen LogP contribution in [0.4, 0.5) is 0 Å². The molecule has 1 heterocycles. The minimum absolute atomic E-state index is 0.208. The Hall–Kier alpha value is -2.63. The summed E-state index contributed by atoms with van der Waals surface area (Å²) in [5.41, 5.74) is 0.130. The minimum atomic E-state index is -0.384. The van der Waals surface area contributed by atoms with Crippen molar-refractivity contribution in [3.05, 3.63) is 62.7 Å². The second kappa shape index (κ2) is 6.01. The number of hydrogen-bond donors (Lipinski definition) is 2. The van der Waals surface area contributed by atoms with E-state index < -0.39 is 0 Å². The molecule has 2 rings (SSSR count). The van der Waals surface area contributed by atoms with Crippen molar-refractivity contribution in [2.75, 3.05) is 6.54 Å². The summed E-state index contributed by atoms with van der Waals surface area (Å²) >= 11 is 0. The van der Waals surface area contributed by atoms with E-state index in [2.05, 4.69) is 10.4 Å². The predicted octanol–water partition coefficient (Wildman–Crippen LogP) is 0.666. The van der Waals surface area contributed by atoms with Gasteiger partial charge in [0.05, 0.1) is 5.69 Å². The standard InChI is InChI=1S/C14H15N3O3/c1-2-8-15-14(20)10-4-3-5-11(9-10)17-13(19)7-6-12(18)16-17/h3-7,9H,2,8H2,1H3,(H,15,20)(H,16,18). The van der Waals surface area contributed by atoms with Crippen LogP contribution in [0.25, 0.3) is 5.69 Å². The summed E-state index contributed by atoms with van der Waals surface area (Å²) in [5, 5.41) is 5.17. The van der Waals surface area contributed by atoms with Gasteiger partial charge < -0.3 is 5.32 Å². The van der Waals surface area contributed by atoms with Gasteiger partial charge in [-0.05, 0) is 24.6 Å². The molecule has 0 spiro atoms. The molecular weight excluding hydrogens is 258 g/mol. The summed E-state index contributed by atoms with van der Waals surface area (Å²) < 4.78 is 1.11. The van der Waals surface area contributed by atoms with Gasteiger partial charge in [-0.3, -0.25) is 19.5 Å². The van der Waals surface area contributed by atoms with Crippen LogP contribution in [0, 0.1) is 0 Å². The Morgan fingerprint density at radius 2 is 2.05 bits per heavy atom. The van der Waals surface area contributed by atoms with E-state index in [1.165, 1.54) is 6.07 Å². The van der Waals surface area contributed by atoms with E-state index in [9.17, 15) is 14.4 Å². The van der Waals surface area contributed by atoms with Gasteiger partial charge in [0.15, 0.2) is 0 Å². The molecule has 0 saturated carbocycles. The van der Waals surface area contributed by atoms with Crippen molar-refractivity contribution in [1.82, 2.24) is 15.1 Å². The number of amides is 1. The van der Waals surface area contributed by atoms with Crippen molar-refractivity contribution in [3.63, 3.8) is 0 Å². The number of hydrogen-bond acceptors (Lipinski definition) is 3. The van der Waals surface area contributed by atoms with E-state index >= 15 is 0 Å². The molecule has 0 atom stereocenters. The summed E-state index contributed by atoms with van der Waals surface area (Å²) in [7, 11) is 0. The second-order valence-electron chi connectivity index (χ2n) is 4.29. The first kappa shape index (κ1) is 13.8. The molecule has 6 nitrogen and oxygen atoms in total. The normalized spacial score (nSPS) is 10.2. The molecule has 0 aliphatic heterocycles. The first-order chi connectivity index (χ1) is 9.61. The molecule has 20 heavy (non-hydrogen) atoms. The van der Waals surface area contributed by atoms with Crippen molar-refractivity contribution in [3.8, 4) is 5.69 Å². The molecule has 0 radical (unpaired) electrons. The molecule has 1 aromatic heterocycles. The Morgan fingerprint density at radius 3 is 2.80 bits per heavy atom. The van der Waals surface area contributed by atoms with E-state index in [4.69, 9.17) is 0 Å². The highest BCUT2D eigenvalue weighted by atomic mass is 16.2. The number of benzene rings is 1. The minimum Gasteiger partial charge on any atom is -0.352 e. The Balaban J connectivity index is 2.39.